The highest BCUT2D eigenvalue weighted by Gasteiger charge is 2.41. The van der Waals surface area contributed by atoms with Gasteiger partial charge in [-0.2, -0.15) is 0 Å². The lowest BCUT2D eigenvalue weighted by molar-refractivity contribution is -0.122. The summed E-state index contributed by atoms with van der Waals surface area (Å²) in [5.74, 6) is 0.581. The Labute approximate surface area is 153 Å². The number of ether oxygens (including phenoxy) is 1. The molecule has 3 heteroatoms. The van der Waals surface area contributed by atoms with Gasteiger partial charge < -0.3 is 10.1 Å². The quantitative estimate of drug-likeness (QED) is 0.577. The van der Waals surface area contributed by atoms with E-state index in [9.17, 15) is 4.39 Å². The number of hydrogen-bond acceptors (Lipinski definition) is 2. The molecule has 1 N–H and O–H groups in total. The maximum atomic E-state index is 13.0. The van der Waals surface area contributed by atoms with E-state index in [-0.39, 0.29) is 11.4 Å². The molecule has 0 amide bonds. The first kappa shape index (κ1) is 20.4. The predicted molar refractivity (Wildman–Crippen MR) is 103 cm³/mol. The van der Waals surface area contributed by atoms with Crippen LogP contribution in [0.1, 0.15) is 71.8 Å². The van der Waals surface area contributed by atoms with Gasteiger partial charge in [0.1, 0.15) is 5.82 Å². The standard InChI is InChI=1S/C22H36FNO/c1-5-21(4)17-22(13-15-25-21,11-10-18(2)3)12-14-24-16-19-6-8-20(23)9-7-19/h6-9,18,24H,5,10-17H2,1-4H3/t21-,22-/m1/s1. The first-order valence-electron chi connectivity index (χ1n) is 9.96. The Morgan fingerprint density at radius 2 is 1.92 bits per heavy atom. The Kier molecular flexibility index (Phi) is 7.45. The summed E-state index contributed by atoms with van der Waals surface area (Å²) in [7, 11) is 0. The number of benzene rings is 1. The van der Waals surface area contributed by atoms with Gasteiger partial charge in [0.2, 0.25) is 0 Å². The van der Waals surface area contributed by atoms with Crippen molar-refractivity contribution >= 4 is 0 Å². The Morgan fingerprint density at radius 3 is 2.56 bits per heavy atom. The van der Waals surface area contributed by atoms with Gasteiger partial charge in [-0.05, 0) is 74.6 Å². The van der Waals surface area contributed by atoms with Crippen LogP contribution in [-0.4, -0.2) is 18.8 Å². The van der Waals surface area contributed by atoms with E-state index in [4.69, 9.17) is 4.74 Å². The van der Waals surface area contributed by atoms with Crippen molar-refractivity contribution in [2.45, 2.75) is 78.4 Å². The van der Waals surface area contributed by atoms with Crippen LogP contribution in [0.15, 0.2) is 24.3 Å². The number of rotatable bonds is 9. The Morgan fingerprint density at radius 1 is 1.20 bits per heavy atom. The fraction of sp³-hybridized carbons (Fsp3) is 0.727. The smallest absolute Gasteiger partial charge is 0.123 e. The topological polar surface area (TPSA) is 21.3 Å². The molecule has 1 heterocycles. The van der Waals surface area contributed by atoms with Crippen LogP contribution in [0, 0.1) is 17.2 Å². The van der Waals surface area contributed by atoms with Crippen LogP contribution in [0.25, 0.3) is 0 Å². The van der Waals surface area contributed by atoms with Gasteiger partial charge in [0.15, 0.2) is 0 Å². The van der Waals surface area contributed by atoms with Crippen molar-refractivity contribution in [3.05, 3.63) is 35.6 Å². The third kappa shape index (κ3) is 6.38. The van der Waals surface area contributed by atoms with Crippen LogP contribution < -0.4 is 5.32 Å². The molecule has 0 spiro atoms. The van der Waals surface area contributed by atoms with Gasteiger partial charge in [0.05, 0.1) is 5.60 Å². The monoisotopic (exact) mass is 349 g/mol. The summed E-state index contributed by atoms with van der Waals surface area (Å²) in [6.07, 6.45) is 7.20. The zero-order chi connectivity index (χ0) is 18.3. The fourth-order valence-corrected chi connectivity index (χ4v) is 4.01. The summed E-state index contributed by atoms with van der Waals surface area (Å²) >= 11 is 0. The zero-order valence-electron chi connectivity index (χ0n) is 16.5. The normalized spacial score (nSPS) is 27.0. The van der Waals surface area contributed by atoms with Crippen molar-refractivity contribution in [3.8, 4) is 0 Å². The lowest BCUT2D eigenvalue weighted by Crippen LogP contribution is -2.44. The Bertz CT molecular complexity index is 515. The summed E-state index contributed by atoms with van der Waals surface area (Å²) in [5, 5.41) is 3.56. The second-order valence-electron chi connectivity index (χ2n) is 8.56. The lowest BCUT2D eigenvalue weighted by Gasteiger charge is -2.47. The maximum absolute atomic E-state index is 13.0. The number of halogens is 1. The van der Waals surface area contributed by atoms with Gasteiger partial charge in [0, 0.05) is 13.2 Å². The Balaban J connectivity index is 1.90. The molecule has 1 fully saturated rings. The van der Waals surface area contributed by atoms with Crippen molar-refractivity contribution < 1.29 is 9.13 Å². The first-order valence-corrected chi connectivity index (χ1v) is 9.96. The van der Waals surface area contributed by atoms with E-state index in [2.05, 4.69) is 33.0 Å². The van der Waals surface area contributed by atoms with E-state index in [1.54, 1.807) is 0 Å². The van der Waals surface area contributed by atoms with Gasteiger partial charge in [0.25, 0.3) is 0 Å². The summed E-state index contributed by atoms with van der Waals surface area (Å²) < 4.78 is 19.1. The van der Waals surface area contributed by atoms with Crippen molar-refractivity contribution in [1.82, 2.24) is 5.32 Å². The average molecular weight is 350 g/mol. The molecular formula is C22H36FNO. The average Bonchev–Trinajstić information content (AvgIpc) is 2.59. The highest BCUT2D eigenvalue weighted by molar-refractivity contribution is 5.15. The van der Waals surface area contributed by atoms with Crippen LogP contribution in [0.4, 0.5) is 4.39 Å². The van der Waals surface area contributed by atoms with E-state index >= 15 is 0 Å². The first-order chi connectivity index (χ1) is 11.9. The van der Waals surface area contributed by atoms with Crippen LogP contribution in [0.3, 0.4) is 0 Å². The molecule has 0 aromatic heterocycles. The van der Waals surface area contributed by atoms with Crippen LogP contribution >= 0.6 is 0 Å². The molecule has 0 unspecified atom stereocenters. The van der Waals surface area contributed by atoms with E-state index in [1.807, 2.05) is 12.1 Å². The molecule has 1 aliphatic heterocycles. The predicted octanol–water partition coefficient (Wildman–Crippen LogP) is 5.71. The molecule has 1 aliphatic rings. The molecular weight excluding hydrogens is 313 g/mol. The van der Waals surface area contributed by atoms with Crippen molar-refractivity contribution in [2.24, 2.45) is 11.3 Å². The van der Waals surface area contributed by atoms with Crippen LogP contribution in [0.2, 0.25) is 0 Å². The Hall–Kier alpha value is -0.930. The molecule has 0 radical (unpaired) electrons. The third-order valence-electron chi connectivity index (χ3n) is 5.91. The summed E-state index contributed by atoms with van der Waals surface area (Å²) in [6, 6.07) is 6.79. The molecule has 2 atom stereocenters. The van der Waals surface area contributed by atoms with E-state index < -0.39 is 0 Å². The van der Waals surface area contributed by atoms with Gasteiger partial charge in [-0.15, -0.1) is 0 Å². The van der Waals surface area contributed by atoms with Crippen molar-refractivity contribution in [1.29, 1.82) is 0 Å². The van der Waals surface area contributed by atoms with Gasteiger partial charge in [-0.3, -0.25) is 0 Å². The summed E-state index contributed by atoms with van der Waals surface area (Å²) in [5.41, 5.74) is 1.57. The fourth-order valence-electron chi connectivity index (χ4n) is 4.01. The lowest BCUT2D eigenvalue weighted by atomic mass is 9.67. The SMILES string of the molecule is CC[C@]1(C)C[C@@](CCNCc2ccc(F)cc2)(CCC(C)C)CCO1. The van der Waals surface area contributed by atoms with Gasteiger partial charge >= 0.3 is 0 Å². The van der Waals surface area contributed by atoms with Crippen LogP contribution in [0.5, 0.6) is 0 Å². The highest BCUT2D eigenvalue weighted by atomic mass is 19.1. The maximum Gasteiger partial charge on any atom is 0.123 e. The minimum Gasteiger partial charge on any atom is -0.375 e. The van der Waals surface area contributed by atoms with Crippen molar-refractivity contribution in [2.75, 3.05) is 13.2 Å². The molecule has 142 valence electrons. The number of nitrogens with one attached hydrogen (secondary N) is 1. The molecule has 2 rings (SSSR count). The molecule has 1 aromatic carbocycles. The molecule has 0 bridgehead atoms. The molecule has 1 aromatic rings. The molecule has 25 heavy (non-hydrogen) atoms. The second-order valence-corrected chi connectivity index (χ2v) is 8.56. The summed E-state index contributed by atoms with van der Waals surface area (Å²) in [4.78, 5) is 0. The van der Waals surface area contributed by atoms with E-state index in [1.165, 1.54) is 44.2 Å². The third-order valence-corrected chi connectivity index (χ3v) is 5.91. The van der Waals surface area contributed by atoms with Crippen LogP contribution in [-0.2, 0) is 11.3 Å². The molecule has 0 saturated carbocycles. The van der Waals surface area contributed by atoms with Gasteiger partial charge in [-0.25, -0.2) is 4.39 Å². The minimum atomic E-state index is -0.169. The van der Waals surface area contributed by atoms with Crippen molar-refractivity contribution in [3.63, 3.8) is 0 Å². The van der Waals surface area contributed by atoms with E-state index in [0.29, 0.717) is 5.41 Å². The van der Waals surface area contributed by atoms with E-state index in [0.717, 1.165) is 37.6 Å². The second kappa shape index (κ2) is 9.14. The number of hydrogen-bond donors (Lipinski definition) is 1. The minimum absolute atomic E-state index is 0.0339. The highest BCUT2D eigenvalue weighted by Crippen LogP contribution is 2.46. The summed E-state index contributed by atoms with van der Waals surface area (Å²) in [6.45, 7) is 11.9. The zero-order valence-corrected chi connectivity index (χ0v) is 16.5. The molecule has 0 aliphatic carbocycles. The molecule has 2 nitrogen and oxygen atoms in total. The largest absolute Gasteiger partial charge is 0.375 e. The molecule has 1 saturated heterocycles. The van der Waals surface area contributed by atoms with Gasteiger partial charge in [-0.1, -0.05) is 39.3 Å².